The molecule has 0 bridgehead atoms. The molecule has 6 heterocycles. The summed E-state index contributed by atoms with van der Waals surface area (Å²) < 4.78 is 22.0. The lowest BCUT2D eigenvalue weighted by molar-refractivity contribution is -0.122. The molecular formula is C47H48N10O7. The Kier molecular flexibility index (Phi) is 13.2. The minimum absolute atomic E-state index is 0.0572. The van der Waals surface area contributed by atoms with Crippen LogP contribution in [0.4, 0.5) is 11.4 Å². The minimum Gasteiger partial charge on any atom is -0.495 e. The van der Waals surface area contributed by atoms with Crippen molar-refractivity contribution in [1.29, 1.82) is 0 Å². The number of carbonyl (C=O) groups excluding carboxylic acids is 1. The number of methoxy groups -OCH3 is 4. The standard InChI is InChI=1S/C47H48N10O7/c1-61-31-15-29(17-48-19-31)56-45(39-23-54-41(63-3)25-52-39)43(35-21-50-37-7-5-27(9-11-58)13-33(35)37)47(60)44(36-22-51-38-8-6-28(10-12-59)14-34(36)38)46(40-24-55-42(64-4)26-53-40)57-30-16-32(62-2)20-49-18-30/h5-8,13-26,43-46,50-51,56-59H,9-12H2,1-4H3. The van der Waals surface area contributed by atoms with Crippen molar-refractivity contribution in [2.24, 2.45) is 0 Å². The first-order valence-electron chi connectivity index (χ1n) is 20.5. The monoisotopic (exact) mass is 864 g/mol. The number of ether oxygens (including phenoxy) is 4. The fourth-order valence-corrected chi connectivity index (χ4v) is 8.07. The van der Waals surface area contributed by atoms with E-state index in [1.54, 1.807) is 63.5 Å². The van der Waals surface area contributed by atoms with Gasteiger partial charge in [-0.25, -0.2) is 9.97 Å². The number of hydrogen-bond acceptors (Lipinski definition) is 15. The number of fused-ring (bicyclic) bond motifs is 2. The van der Waals surface area contributed by atoms with Crippen molar-refractivity contribution >= 4 is 39.0 Å². The highest BCUT2D eigenvalue weighted by atomic mass is 16.5. The summed E-state index contributed by atoms with van der Waals surface area (Å²) in [6, 6.07) is 13.6. The minimum atomic E-state index is -1.04. The molecule has 0 saturated heterocycles. The molecule has 0 radical (unpaired) electrons. The molecule has 328 valence electrons. The number of aromatic nitrogens is 8. The van der Waals surface area contributed by atoms with Gasteiger partial charge in [0.15, 0.2) is 5.78 Å². The molecule has 17 heteroatoms. The lowest BCUT2D eigenvalue weighted by atomic mass is 9.74. The molecule has 0 saturated carbocycles. The summed E-state index contributed by atoms with van der Waals surface area (Å²) in [5.74, 6) is -0.755. The SMILES string of the molecule is COc1cncc(NC(c2cnc(OC)cn2)C(C(=O)C(c2c[nH]c3ccc(CCO)cc23)C(Nc2cncc(OC)c2)c2cnc(OC)cn2)c2c[nH]c3ccc(CCO)cc23)c1. The number of aliphatic hydroxyl groups excluding tert-OH is 2. The van der Waals surface area contributed by atoms with Gasteiger partial charge in [0.25, 0.3) is 0 Å². The van der Waals surface area contributed by atoms with Crippen molar-refractivity contribution in [3.63, 3.8) is 0 Å². The average Bonchev–Trinajstić information content (AvgIpc) is 3.95. The second kappa shape index (κ2) is 19.6. The van der Waals surface area contributed by atoms with Gasteiger partial charge in [0, 0.05) is 59.5 Å². The highest BCUT2D eigenvalue weighted by molar-refractivity contribution is 6.01. The number of anilines is 2. The van der Waals surface area contributed by atoms with Crippen LogP contribution in [0.2, 0.25) is 0 Å². The van der Waals surface area contributed by atoms with Crippen molar-refractivity contribution in [2.75, 3.05) is 52.3 Å². The first-order chi connectivity index (χ1) is 31.3. The molecule has 8 rings (SSSR count). The molecule has 0 aliphatic carbocycles. The summed E-state index contributed by atoms with van der Waals surface area (Å²) in [5, 5.41) is 28.8. The summed E-state index contributed by atoms with van der Waals surface area (Å²) in [6.45, 7) is -0.114. The topological polar surface area (TPSA) is 227 Å². The van der Waals surface area contributed by atoms with Crippen LogP contribution in [0, 0.1) is 0 Å². The number of nitrogens with zero attached hydrogens (tertiary/aromatic N) is 6. The van der Waals surface area contributed by atoms with Gasteiger partial charge in [-0.05, 0) is 59.4 Å². The molecule has 0 aliphatic heterocycles. The highest BCUT2D eigenvalue weighted by Gasteiger charge is 2.43. The van der Waals surface area contributed by atoms with Crippen LogP contribution in [0.1, 0.15) is 57.6 Å². The Labute approximate surface area is 368 Å². The maximum Gasteiger partial charge on any atom is 0.231 e. The number of hydrogen-bond donors (Lipinski definition) is 6. The third-order valence-corrected chi connectivity index (χ3v) is 11.2. The number of aliphatic hydroxyl groups is 2. The van der Waals surface area contributed by atoms with Crippen molar-refractivity contribution in [1.82, 2.24) is 39.9 Å². The molecule has 2 aromatic carbocycles. The van der Waals surface area contributed by atoms with Crippen LogP contribution in [-0.2, 0) is 17.6 Å². The number of pyridine rings is 2. The first-order valence-corrected chi connectivity index (χ1v) is 20.5. The Morgan fingerprint density at radius 1 is 0.578 bits per heavy atom. The van der Waals surface area contributed by atoms with Crippen molar-refractivity contribution < 1.29 is 34.0 Å². The number of carbonyl (C=O) groups is 1. The zero-order chi connectivity index (χ0) is 44.6. The Morgan fingerprint density at radius 2 is 1.03 bits per heavy atom. The second-order valence-corrected chi connectivity index (χ2v) is 15.0. The lowest BCUT2D eigenvalue weighted by Gasteiger charge is -2.34. The zero-order valence-electron chi connectivity index (χ0n) is 35.6. The predicted molar refractivity (Wildman–Crippen MR) is 240 cm³/mol. The first kappa shape index (κ1) is 43.0. The van der Waals surface area contributed by atoms with E-state index in [1.807, 2.05) is 48.8 Å². The molecule has 8 aromatic rings. The molecule has 0 spiro atoms. The van der Waals surface area contributed by atoms with Crippen LogP contribution in [0.3, 0.4) is 0 Å². The van der Waals surface area contributed by atoms with Gasteiger partial charge in [-0.15, -0.1) is 0 Å². The molecule has 0 amide bonds. The van der Waals surface area contributed by atoms with E-state index in [4.69, 9.17) is 28.9 Å². The van der Waals surface area contributed by atoms with E-state index >= 15 is 4.79 Å². The summed E-state index contributed by atoms with van der Waals surface area (Å²) in [4.78, 5) is 51.3. The molecular weight excluding hydrogens is 817 g/mol. The fourth-order valence-electron chi connectivity index (χ4n) is 8.07. The maximum atomic E-state index is 16.8. The van der Waals surface area contributed by atoms with Crippen molar-refractivity contribution in [3.05, 3.63) is 144 Å². The number of nitrogens with one attached hydrogen (secondary N) is 4. The van der Waals surface area contributed by atoms with Gasteiger partial charge in [0.05, 0.1) is 125 Å². The van der Waals surface area contributed by atoms with Crippen molar-refractivity contribution in [3.8, 4) is 23.3 Å². The van der Waals surface area contributed by atoms with E-state index in [0.29, 0.717) is 70.0 Å². The van der Waals surface area contributed by atoms with Crippen LogP contribution >= 0.6 is 0 Å². The molecule has 4 unspecified atom stereocenters. The highest BCUT2D eigenvalue weighted by Crippen LogP contribution is 2.47. The van der Waals surface area contributed by atoms with Crippen LogP contribution in [-0.4, -0.2) is 97.5 Å². The summed E-state index contributed by atoms with van der Waals surface area (Å²) in [5.41, 5.74) is 6.60. The van der Waals surface area contributed by atoms with Gasteiger partial charge in [-0.2, -0.15) is 0 Å². The number of aromatic amines is 2. The average molecular weight is 865 g/mol. The number of ketones is 1. The van der Waals surface area contributed by atoms with E-state index in [0.717, 1.165) is 32.9 Å². The summed E-state index contributed by atoms with van der Waals surface area (Å²) in [7, 11) is 6.13. The molecule has 17 nitrogen and oxygen atoms in total. The molecule has 6 aromatic heterocycles. The quantitative estimate of drug-likeness (QED) is 0.0497. The number of Topliss-reactive ketones (excluding diaryl/α,β-unsaturated/α-hetero) is 1. The van der Waals surface area contributed by atoms with Crippen LogP contribution < -0.4 is 29.6 Å². The van der Waals surface area contributed by atoms with Gasteiger partial charge in [0.2, 0.25) is 11.8 Å². The van der Waals surface area contributed by atoms with Crippen LogP contribution in [0.15, 0.2) is 110 Å². The predicted octanol–water partition coefficient (Wildman–Crippen LogP) is 6.27. The Balaban J connectivity index is 1.42. The third-order valence-electron chi connectivity index (χ3n) is 11.2. The van der Waals surface area contributed by atoms with Crippen molar-refractivity contribution in [2.45, 2.75) is 36.8 Å². The normalized spacial score (nSPS) is 13.2. The number of H-pyrrole nitrogens is 2. The third kappa shape index (κ3) is 9.11. The second-order valence-electron chi connectivity index (χ2n) is 15.0. The number of benzene rings is 2. The maximum absolute atomic E-state index is 16.8. The van der Waals surface area contributed by atoms with E-state index in [9.17, 15) is 10.2 Å². The zero-order valence-corrected chi connectivity index (χ0v) is 35.6. The summed E-state index contributed by atoms with van der Waals surface area (Å²) >= 11 is 0. The molecule has 4 atom stereocenters. The smallest absolute Gasteiger partial charge is 0.231 e. The van der Waals surface area contributed by atoms with Gasteiger partial charge >= 0.3 is 0 Å². The molecule has 6 N–H and O–H groups in total. The largest absolute Gasteiger partial charge is 0.495 e. The van der Waals surface area contributed by atoms with Gasteiger partial charge < -0.3 is 49.8 Å². The fraction of sp³-hybridized carbons (Fsp3) is 0.255. The van der Waals surface area contributed by atoms with Crippen LogP contribution in [0.25, 0.3) is 21.8 Å². The van der Waals surface area contributed by atoms with E-state index in [-0.39, 0.29) is 19.0 Å². The Hall–Kier alpha value is -7.63. The number of rotatable bonds is 20. The van der Waals surface area contributed by atoms with E-state index in [2.05, 4.69) is 40.5 Å². The Morgan fingerprint density at radius 3 is 1.41 bits per heavy atom. The molecule has 0 aliphatic rings. The molecule has 0 fully saturated rings. The Bertz CT molecular complexity index is 2640. The van der Waals surface area contributed by atoms with E-state index < -0.39 is 23.9 Å². The molecule has 64 heavy (non-hydrogen) atoms. The lowest BCUT2D eigenvalue weighted by Crippen LogP contribution is -2.35. The van der Waals surface area contributed by atoms with Crippen LogP contribution in [0.5, 0.6) is 23.3 Å². The van der Waals surface area contributed by atoms with Gasteiger partial charge in [0.1, 0.15) is 11.5 Å². The van der Waals surface area contributed by atoms with Gasteiger partial charge in [-0.3, -0.25) is 24.7 Å². The van der Waals surface area contributed by atoms with Gasteiger partial charge in [-0.1, -0.05) is 12.1 Å². The van der Waals surface area contributed by atoms with E-state index in [1.165, 1.54) is 26.6 Å². The summed E-state index contributed by atoms with van der Waals surface area (Å²) in [6.07, 6.45) is 17.2.